The van der Waals surface area contributed by atoms with E-state index in [1.54, 1.807) is 11.3 Å². The summed E-state index contributed by atoms with van der Waals surface area (Å²) in [5, 5.41) is 5.47. The average molecular weight is 340 g/mol. The highest BCUT2D eigenvalue weighted by molar-refractivity contribution is 9.10. The van der Waals surface area contributed by atoms with Crippen LogP contribution in [0.2, 0.25) is 0 Å². The van der Waals surface area contributed by atoms with Crippen LogP contribution in [-0.2, 0) is 0 Å². The summed E-state index contributed by atoms with van der Waals surface area (Å²) < 4.78 is 6.88. The molecule has 0 aliphatic rings. The molecule has 0 amide bonds. The van der Waals surface area contributed by atoms with Crippen LogP contribution in [0.1, 0.15) is 30.3 Å². The molecular weight excluding hydrogens is 322 g/mol. The molecule has 0 fully saturated rings. The van der Waals surface area contributed by atoms with Gasteiger partial charge in [0.15, 0.2) is 0 Å². The maximum Gasteiger partial charge on any atom is 0.120 e. The molecule has 0 saturated heterocycles. The van der Waals surface area contributed by atoms with Crippen LogP contribution in [0.4, 0.5) is 0 Å². The Hall–Kier alpha value is -0.840. The molecule has 1 atom stereocenters. The van der Waals surface area contributed by atoms with Crippen LogP contribution in [0.3, 0.4) is 0 Å². The van der Waals surface area contributed by atoms with Crippen LogP contribution in [0.5, 0.6) is 5.75 Å². The number of halogens is 1. The first-order chi connectivity index (χ1) is 9.10. The molecule has 0 radical (unpaired) electrons. The summed E-state index contributed by atoms with van der Waals surface area (Å²) >= 11 is 5.25. The van der Waals surface area contributed by atoms with Gasteiger partial charge in [-0.2, -0.15) is 0 Å². The quantitative estimate of drug-likeness (QED) is 0.858. The van der Waals surface area contributed by atoms with E-state index in [4.69, 9.17) is 4.74 Å². The van der Waals surface area contributed by atoms with E-state index in [1.165, 1.54) is 10.4 Å². The third kappa shape index (κ3) is 3.81. The molecule has 2 rings (SSSR count). The SMILES string of the molecule is CNC(c1cccc(OC(C)C)c1)c1cc(Br)cs1. The van der Waals surface area contributed by atoms with Crippen molar-refractivity contribution in [3.05, 3.63) is 50.6 Å². The van der Waals surface area contributed by atoms with E-state index in [9.17, 15) is 0 Å². The highest BCUT2D eigenvalue weighted by Gasteiger charge is 2.14. The second-order valence-electron chi connectivity index (χ2n) is 4.63. The molecule has 0 aliphatic heterocycles. The molecule has 2 nitrogen and oxygen atoms in total. The molecule has 2 aromatic rings. The van der Waals surface area contributed by atoms with Crippen LogP contribution in [-0.4, -0.2) is 13.2 Å². The van der Waals surface area contributed by atoms with Gasteiger partial charge in [-0.05, 0) is 60.6 Å². The third-order valence-electron chi connectivity index (χ3n) is 2.72. The Balaban J connectivity index is 2.28. The van der Waals surface area contributed by atoms with Gasteiger partial charge in [-0.1, -0.05) is 12.1 Å². The number of benzene rings is 1. The Labute approximate surface area is 126 Å². The number of rotatable bonds is 5. The Kier molecular flexibility index (Phi) is 5.02. The lowest BCUT2D eigenvalue weighted by Crippen LogP contribution is -2.16. The molecule has 102 valence electrons. The summed E-state index contributed by atoms with van der Waals surface area (Å²) in [5.74, 6) is 0.920. The normalized spacial score (nSPS) is 12.7. The monoisotopic (exact) mass is 339 g/mol. The van der Waals surface area contributed by atoms with E-state index in [-0.39, 0.29) is 12.1 Å². The first-order valence-corrected chi connectivity index (χ1v) is 7.95. The second kappa shape index (κ2) is 6.55. The van der Waals surface area contributed by atoms with Crippen molar-refractivity contribution >= 4 is 27.3 Å². The minimum Gasteiger partial charge on any atom is -0.491 e. The van der Waals surface area contributed by atoms with Crippen molar-refractivity contribution < 1.29 is 4.74 Å². The molecule has 1 N–H and O–H groups in total. The number of thiophene rings is 1. The average Bonchev–Trinajstić information content (AvgIpc) is 2.76. The largest absolute Gasteiger partial charge is 0.491 e. The smallest absolute Gasteiger partial charge is 0.120 e. The fourth-order valence-corrected chi connectivity index (χ4v) is 3.57. The zero-order chi connectivity index (χ0) is 13.8. The lowest BCUT2D eigenvalue weighted by molar-refractivity contribution is 0.242. The Morgan fingerprint density at radius 3 is 2.63 bits per heavy atom. The lowest BCUT2D eigenvalue weighted by atomic mass is 10.1. The van der Waals surface area contributed by atoms with Gasteiger partial charge in [0.25, 0.3) is 0 Å². The molecule has 19 heavy (non-hydrogen) atoms. The molecule has 0 aliphatic carbocycles. The molecule has 0 bridgehead atoms. The van der Waals surface area contributed by atoms with E-state index < -0.39 is 0 Å². The predicted octanol–water partition coefficient (Wildman–Crippen LogP) is 4.61. The van der Waals surface area contributed by atoms with Crippen molar-refractivity contribution in [3.8, 4) is 5.75 Å². The minimum absolute atomic E-state index is 0.194. The molecule has 4 heteroatoms. The van der Waals surface area contributed by atoms with Crippen LogP contribution < -0.4 is 10.1 Å². The summed E-state index contributed by atoms with van der Waals surface area (Å²) in [6.07, 6.45) is 0.194. The summed E-state index contributed by atoms with van der Waals surface area (Å²) in [4.78, 5) is 1.29. The van der Waals surface area contributed by atoms with E-state index in [0.717, 1.165) is 10.2 Å². The van der Waals surface area contributed by atoms with E-state index in [1.807, 2.05) is 33.0 Å². The van der Waals surface area contributed by atoms with Crippen molar-refractivity contribution in [1.82, 2.24) is 5.32 Å². The fraction of sp³-hybridized carbons (Fsp3) is 0.333. The molecule has 1 aromatic carbocycles. The number of hydrogen-bond acceptors (Lipinski definition) is 3. The van der Waals surface area contributed by atoms with Gasteiger partial charge in [0, 0.05) is 14.7 Å². The summed E-state index contributed by atoms with van der Waals surface area (Å²) in [7, 11) is 1.98. The lowest BCUT2D eigenvalue weighted by Gasteiger charge is -2.17. The van der Waals surface area contributed by atoms with Crippen molar-refractivity contribution in [3.63, 3.8) is 0 Å². The van der Waals surface area contributed by atoms with Crippen LogP contribution in [0.15, 0.2) is 40.2 Å². The van der Waals surface area contributed by atoms with Gasteiger partial charge >= 0.3 is 0 Å². The molecular formula is C15H18BrNOS. The zero-order valence-corrected chi connectivity index (χ0v) is 13.7. The molecule has 0 saturated carbocycles. The molecule has 1 aromatic heterocycles. The van der Waals surface area contributed by atoms with Crippen LogP contribution in [0.25, 0.3) is 0 Å². The Morgan fingerprint density at radius 1 is 1.26 bits per heavy atom. The first-order valence-electron chi connectivity index (χ1n) is 6.28. The van der Waals surface area contributed by atoms with Gasteiger partial charge in [-0.25, -0.2) is 0 Å². The van der Waals surface area contributed by atoms with Crippen LogP contribution >= 0.6 is 27.3 Å². The zero-order valence-electron chi connectivity index (χ0n) is 11.3. The van der Waals surface area contributed by atoms with Gasteiger partial charge in [0.1, 0.15) is 5.75 Å². The molecule has 0 spiro atoms. The standard InChI is InChI=1S/C15H18BrNOS/c1-10(2)18-13-6-4-5-11(7-13)15(17-3)14-8-12(16)9-19-14/h4-10,15,17H,1-3H3. The van der Waals surface area contributed by atoms with Crippen molar-refractivity contribution in [1.29, 1.82) is 0 Å². The van der Waals surface area contributed by atoms with E-state index in [0.29, 0.717) is 0 Å². The molecule has 1 unspecified atom stereocenters. The number of hydrogen-bond donors (Lipinski definition) is 1. The van der Waals surface area contributed by atoms with E-state index in [2.05, 4.69) is 44.8 Å². The first kappa shape index (κ1) is 14.6. The van der Waals surface area contributed by atoms with Gasteiger partial charge in [-0.3, -0.25) is 0 Å². The van der Waals surface area contributed by atoms with Crippen molar-refractivity contribution in [2.75, 3.05) is 7.05 Å². The number of ether oxygens (including phenoxy) is 1. The van der Waals surface area contributed by atoms with E-state index >= 15 is 0 Å². The summed E-state index contributed by atoms with van der Waals surface area (Å²) in [5.41, 5.74) is 1.22. The molecule has 1 heterocycles. The van der Waals surface area contributed by atoms with Gasteiger partial charge in [0.05, 0.1) is 12.1 Å². The van der Waals surface area contributed by atoms with Crippen LogP contribution in [0, 0.1) is 0 Å². The number of nitrogens with one attached hydrogen (secondary N) is 1. The fourth-order valence-electron chi connectivity index (χ4n) is 1.99. The summed E-state index contributed by atoms with van der Waals surface area (Å²) in [6, 6.07) is 10.6. The highest BCUT2D eigenvalue weighted by atomic mass is 79.9. The van der Waals surface area contributed by atoms with Gasteiger partial charge in [0.2, 0.25) is 0 Å². The maximum absolute atomic E-state index is 5.76. The van der Waals surface area contributed by atoms with Gasteiger partial charge < -0.3 is 10.1 Å². The van der Waals surface area contributed by atoms with Crippen molar-refractivity contribution in [2.45, 2.75) is 26.0 Å². The van der Waals surface area contributed by atoms with Gasteiger partial charge in [-0.15, -0.1) is 11.3 Å². The Morgan fingerprint density at radius 2 is 2.05 bits per heavy atom. The Bertz CT molecular complexity index is 538. The third-order valence-corrected chi connectivity index (χ3v) is 4.48. The summed E-state index contributed by atoms with van der Waals surface area (Å²) in [6.45, 7) is 4.08. The predicted molar refractivity (Wildman–Crippen MR) is 85.1 cm³/mol. The second-order valence-corrected chi connectivity index (χ2v) is 6.49. The van der Waals surface area contributed by atoms with Crippen molar-refractivity contribution in [2.24, 2.45) is 0 Å². The maximum atomic E-state index is 5.76. The topological polar surface area (TPSA) is 21.3 Å². The highest BCUT2D eigenvalue weighted by Crippen LogP contribution is 2.31. The minimum atomic E-state index is 0.194.